The third kappa shape index (κ3) is 3.16. The Kier molecular flexibility index (Phi) is 3.56. The molecular formula is C14H11NO4. The summed E-state index contributed by atoms with van der Waals surface area (Å²) in [4.78, 5) is 20.9. The van der Waals surface area contributed by atoms with E-state index in [1.54, 1.807) is 30.3 Å². The van der Waals surface area contributed by atoms with Crippen LogP contribution in [0.25, 0.3) is 17.4 Å². The summed E-state index contributed by atoms with van der Waals surface area (Å²) in [5.41, 5.74) is 0.778. The van der Waals surface area contributed by atoms with Crippen LogP contribution in [0.1, 0.15) is 12.7 Å². The maximum Gasteiger partial charge on any atom is 0.269 e. The molecule has 1 aromatic heterocycles. The molecule has 1 aromatic carbocycles. The number of non-ortho nitro benzene ring substituents is 1. The summed E-state index contributed by atoms with van der Waals surface area (Å²) in [7, 11) is 0. The molecule has 0 aliphatic carbocycles. The minimum atomic E-state index is -0.451. The van der Waals surface area contributed by atoms with Crippen molar-refractivity contribution in [3.05, 3.63) is 58.3 Å². The quantitative estimate of drug-likeness (QED) is 0.477. The number of carbonyl (C=O) groups is 1. The van der Waals surface area contributed by atoms with Crippen molar-refractivity contribution in [2.45, 2.75) is 6.92 Å². The lowest BCUT2D eigenvalue weighted by atomic mass is 10.1. The molecular weight excluding hydrogens is 246 g/mol. The van der Waals surface area contributed by atoms with Crippen molar-refractivity contribution in [1.29, 1.82) is 0 Å². The maximum absolute atomic E-state index is 10.8. The molecule has 1 heterocycles. The van der Waals surface area contributed by atoms with Crippen LogP contribution in [-0.4, -0.2) is 10.7 Å². The molecule has 2 rings (SSSR count). The van der Waals surface area contributed by atoms with Gasteiger partial charge in [-0.1, -0.05) is 0 Å². The number of nitro groups is 1. The van der Waals surface area contributed by atoms with Gasteiger partial charge in [0.05, 0.1) is 4.92 Å². The summed E-state index contributed by atoms with van der Waals surface area (Å²) in [6.45, 7) is 1.46. The zero-order chi connectivity index (χ0) is 13.8. The number of hydrogen-bond acceptors (Lipinski definition) is 4. The third-order valence-electron chi connectivity index (χ3n) is 2.47. The highest BCUT2D eigenvalue weighted by atomic mass is 16.6. The fourth-order valence-electron chi connectivity index (χ4n) is 1.54. The van der Waals surface area contributed by atoms with Crippen LogP contribution < -0.4 is 0 Å². The summed E-state index contributed by atoms with van der Waals surface area (Å²) in [6, 6.07) is 9.56. The van der Waals surface area contributed by atoms with Crippen molar-refractivity contribution in [3.8, 4) is 11.3 Å². The molecule has 0 saturated heterocycles. The molecule has 19 heavy (non-hydrogen) atoms. The fourth-order valence-corrected chi connectivity index (χ4v) is 1.54. The summed E-state index contributed by atoms with van der Waals surface area (Å²) < 4.78 is 5.51. The summed E-state index contributed by atoms with van der Waals surface area (Å²) >= 11 is 0. The van der Waals surface area contributed by atoms with Gasteiger partial charge in [0.1, 0.15) is 11.5 Å². The first-order valence-corrected chi connectivity index (χ1v) is 5.59. The van der Waals surface area contributed by atoms with Crippen molar-refractivity contribution in [2.24, 2.45) is 0 Å². The molecule has 0 bridgehead atoms. The molecule has 5 heteroatoms. The van der Waals surface area contributed by atoms with E-state index >= 15 is 0 Å². The number of furan rings is 1. The average Bonchev–Trinajstić information content (AvgIpc) is 2.85. The van der Waals surface area contributed by atoms with Gasteiger partial charge in [0, 0.05) is 17.7 Å². The lowest BCUT2D eigenvalue weighted by Crippen LogP contribution is -1.86. The SMILES string of the molecule is CC(=O)/C=C/c1ccc(-c2ccc([N+](=O)[O-])cc2)o1. The monoisotopic (exact) mass is 257 g/mol. The summed E-state index contributed by atoms with van der Waals surface area (Å²) in [5, 5.41) is 10.5. The second kappa shape index (κ2) is 5.30. The van der Waals surface area contributed by atoms with Gasteiger partial charge in [-0.25, -0.2) is 0 Å². The van der Waals surface area contributed by atoms with E-state index in [1.807, 2.05) is 0 Å². The summed E-state index contributed by atoms with van der Waals surface area (Å²) in [6.07, 6.45) is 3.00. The lowest BCUT2D eigenvalue weighted by Gasteiger charge is -1.96. The van der Waals surface area contributed by atoms with E-state index < -0.39 is 4.92 Å². The molecule has 0 saturated carbocycles. The molecule has 0 amide bonds. The Morgan fingerprint density at radius 3 is 2.47 bits per heavy atom. The van der Waals surface area contributed by atoms with E-state index in [0.717, 1.165) is 5.56 Å². The van der Waals surface area contributed by atoms with Crippen LogP contribution in [0.3, 0.4) is 0 Å². The topological polar surface area (TPSA) is 73.3 Å². The Hall–Kier alpha value is -2.69. The predicted octanol–water partition coefficient (Wildman–Crippen LogP) is 3.46. The first kappa shape index (κ1) is 12.8. The Morgan fingerprint density at radius 1 is 1.21 bits per heavy atom. The number of allylic oxidation sites excluding steroid dienone is 1. The van der Waals surface area contributed by atoms with Gasteiger partial charge in [0.2, 0.25) is 0 Å². The molecule has 0 radical (unpaired) electrons. The molecule has 0 spiro atoms. The molecule has 0 N–H and O–H groups in total. The van der Waals surface area contributed by atoms with Crippen LogP contribution >= 0.6 is 0 Å². The molecule has 0 unspecified atom stereocenters. The Bertz CT molecular complexity index is 638. The smallest absolute Gasteiger partial charge is 0.269 e. The standard InChI is InChI=1S/C14H11NO4/c1-10(16)2-7-13-8-9-14(19-13)11-3-5-12(6-4-11)15(17)18/h2-9H,1H3/b7-2+. The predicted molar refractivity (Wildman–Crippen MR) is 70.5 cm³/mol. The van der Waals surface area contributed by atoms with Gasteiger partial charge in [0.25, 0.3) is 5.69 Å². The molecule has 0 aliphatic rings. The van der Waals surface area contributed by atoms with Crippen LogP contribution in [-0.2, 0) is 4.79 Å². The van der Waals surface area contributed by atoms with Crippen LogP contribution in [0.4, 0.5) is 5.69 Å². The van der Waals surface area contributed by atoms with Gasteiger partial charge in [-0.3, -0.25) is 14.9 Å². The minimum Gasteiger partial charge on any atom is -0.457 e. The normalized spacial score (nSPS) is 10.8. The van der Waals surface area contributed by atoms with Gasteiger partial charge < -0.3 is 4.42 Å². The molecule has 0 atom stereocenters. The highest BCUT2D eigenvalue weighted by molar-refractivity contribution is 5.91. The molecule has 96 valence electrons. The van der Waals surface area contributed by atoms with Crippen molar-refractivity contribution in [3.63, 3.8) is 0 Å². The van der Waals surface area contributed by atoms with E-state index in [9.17, 15) is 14.9 Å². The number of rotatable bonds is 4. The van der Waals surface area contributed by atoms with Crippen molar-refractivity contribution in [1.82, 2.24) is 0 Å². The van der Waals surface area contributed by atoms with E-state index in [4.69, 9.17) is 4.42 Å². The number of benzene rings is 1. The van der Waals surface area contributed by atoms with Crippen molar-refractivity contribution < 1.29 is 14.1 Å². The highest BCUT2D eigenvalue weighted by Crippen LogP contribution is 2.24. The van der Waals surface area contributed by atoms with Crippen molar-refractivity contribution >= 4 is 17.5 Å². The number of ketones is 1. The Morgan fingerprint density at radius 2 is 1.89 bits per heavy atom. The maximum atomic E-state index is 10.8. The van der Waals surface area contributed by atoms with Crippen LogP contribution in [0, 0.1) is 10.1 Å². The molecule has 0 aliphatic heterocycles. The fraction of sp³-hybridized carbons (Fsp3) is 0.0714. The van der Waals surface area contributed by atoms with Gasteiger partial charge in [-0.15, -0.1) is 0 Å². The Balaban J connectivity index is 2.23. The molecule has 2 aromatic rings. The minimum absolute atomic E-state index is 0.0343. The van der Waals surface area contributed by atoms with Crippen molar-refractivity contribution in [2.75, 3.05) is 0 Å². The zero-order valence-electron chi connectivity index (χ0n) is 10.2. The van der Waals surface area contributed by atoms with Gasteiger partial charge in [-0.05, 0) is 43.3 Å². The average molecular weight is 257 g/mol. The van der Waals surface area contributed by atoms with E-state index in [0.29, 0.717) is 11.5 Å². The zero-order valence-corrected chi connectivity index (χ0v) is 10.2. The third-order valence-corrected chi connectivity index (χ3v) is 2.47. The number of hydrogen-bond donors (Lipinski definition) is 0. The van der Waals surface area contributed by atoms with E-state index in [2.05, 4.69) is 0 Å². The number of carbonyl (C=O) groups excluding carboxylic acids is 1. The van der Waals surface area contributed by atoms with Crippen LogP contribution in [0.15, 0.2) is 46.9 Å². The van der Waals surface area contributed by atoms with Gasteiger partial charge in [0.15, 0.2) is 5.78 Å². The number of nitrogens with zero attached hydrogens (tertiary/aromatic N) is 1. The molecule has 5 nitrogen and oxygen atoms in total. The summed E-state index contributed by atoms with van der Waals surface area (Å²) in [5.74, 6) is 1.09. The first-order valence-electron chi connectivity index (χ1n) is 5.59. The highest BCUT2D eigenvalue weighted by Gasteiger charge is 2.07. The lowest BCUT2D eigenvalue weighted by molar-refractivity contribution is -0.384. The molecule has 0 fully saturated rings. The van der Waals surface area contributed by atoms with Gasteiger partial charge >= 0.3 is 0 Å². The van der Waals surface area contributed by atoms with Crippen LogP contribution in [0.5, 0.6) is 0 Å². The van der Waals surface area contributed by atoms with Gasteiger partial charge in [-0.2, -0.15) is 0 Å². The Labute approximate surface area is 109 Å². The van der Waals surface area contributed by atoms with Crippen LogP contribution in [0.2, 0.25) is 0 Å². The second-order valence-electron chi connectivity index (χ2n) is 3.95. The number of nitro benzene ring substituents is 1. The van der Waals surface area contributed by atoms with E-state index in [1.165, 1.54) is 25.1 Å². The second-order valence-corrected chi connectivity index (χ2v) is 3.95. The largest absolute Gasteiger partial charge is 0.457 e. The first-order chi connectivity index (χ1) is 9.06. The van der Waals surface area contributed by atoms with E-state index in [-0.39, 0.29) is 11.5 Å².